The minimum Gasteiger partial charge on any atom is -0.317 e. The van der Waals surface area contributed by atoms with Gasteiger partial charge < -0.3 is 4.90 Å². The molecule has 4 aliphatic rings. The number of aryl methyl sites for hydroxylation is 2. The predicted octanol–water partition coefficient (Wildman–Crippen LogP) is 11.6. The first-order chi connectivity index (χ1) is 22.6. The van der Waals surface area contributed by atoms with Crippen LogP contribution >= 0.6 is 0 Å². The molecular weight excluding hydrogens is 555 g/mol. The lowest BCUT2D eigenvalue weighted by Gasteiger charge is -2.28. The van der Waals surface area contributed by atoms with Gasteiger partial charge in [-0.15, -0.1) is 0 Å². The van der Waals surface area contributed by atoms with E-state index >= 15 is 0 Å². The monoisotopic (exact) mass is 591 g/mol. The summed E-state index contributed by atoms with van der Waals surface area (Å²) in [4.78, 5) is 2.53. The summed E-state index contributed by atoms with van der Waals surface area (Å²) < 4.78 is 0. The van der Waals surface area contributed by atoms with E-state index < -0.39 is 0 Å². The number of anilines is 1. The van der Waals surface area contributed by atoms with Crippen molar-refractivity contribution in [1.29, 1.82) is 0 Å². The molecule has 1 nitrogen and oxygen atoms in total. The maximum atomic E-state index is 2.53. The second kappa shape index (κ2) is 10.7. The van der Waals surface area contributed by atoms with Gasteiger partial charge in [0.05, 0.1) is 0 Å². The molecule has 1 aliphatic heterocycles. The van der Waals surface area contributed by atoms with Crippen LogP contribution in [0.4, 0.5) is 5.69 Å². The number of para-hydroxylation sites is 1. The van der Waals surface area contributed by atoms with Crippen LogP contribution in [-0.4, -0.2) is 0 Å². The molecular formula is C45H37N. The average Bonchev–Trinajstić information content (AvgIpc) is 3.64. The zero-order valence-corrected chi connectivity index (χ0v) is 26.6. The Morgan fingerprint density at radius 2 is 1.28 bits per heavy atom. The third kappa shape index (κ3) is 4.37. The van der Waals surface area contributed by atoms with Crippen LogP contribution in [0.1, 0.15) is 47.1 Å². The fraction of sp³-hybridized carbons (Fsp3) is 0.156. The van der Waals surface area contributed by atoms with Crippen LogP contribution in [0, 0.1) is 19.8 Å². The zero-order valence-electron chi connectivity index (χ0n) is 26.6. The number of fused-ring (bicyclic) bond motifs is 5. The number of benzene rings is 5. The van der Waals surface area contributed by atoms with Crippen LogP contribution in [0.5, 0.6) is 0 Å². The van der Waals surface area contributed by atoms with E-state index in [2.05, 4.69) is 152 Å². The van der Waals surface area contributed by atoms with E-state index in [4.69, 9.17) is 0 Å². The molecule has 0 saturated heterocycles. The second-order valence-corrected chi connectivity index (χ2v) is 13.3. The van der Waals surface area contributed by atoms with E-state index in [9.17, 15) is 0 Å². The third-order valence-corrected chi connectivity index (χ3v) is 10.6. The molecule has 0 amide bonds. The maximum absolute atomic E-state index is 2.53. The second-order valence-electron chi connectivity index (χ2n) is 13.3. The van der Waals surface area contributed by atoms with Gasteiger partial charge in [-0.1, -0.05) is 97.1 Å². The smallest absolute Gasteiger partial charge is 0.0455 e. The molecule has 1 heteroatoms. The van der Waals surface area contributed by atoms with Crippen molar-refractivity contribution in [2.45, 2.75) is 39.5 Å². The molecule has 46 heavy (non-hydrogen) atoms. The molecule has 0 saturated carbocycles. The maximum Gasteiger partial charge on any atom is 0.0455 e. The van der Waals surface area contributed by atoms with E-state index in [0.29, 0.717) is 5.92 Å². The Kier molecular flexibility index (Phi) is 6.35. The fourth-order valence-corrected chi connectivity index (χ4v) is 8.19. The van der Waals surface area contributed by atoms with Gasteiger partial charge in [-0.2, -0.15) is 0 Å². The minimum absolute atomic E-state index is 0.405. The molecule has 9 rings (SSSR count). The molecule has 0 radical (unpaired) electrons. The molecule has 1 unspecified atom stereocenters. The highest BCUT2D eigenvalue weighted by Gasteiger charge is 2.38. The van der Waals surface area contributed by atoms with Crippen molar-refractivity contribution in [2.24, 2.45) is 5.92 Å². The van der Waals surface area contributed by atoms with Crippen LogP contribution in [0.2, 0.25) is 0 Å². The fourth-order valence-electron chi connectivity index (χ4n) is 8.19. The highest BCUT2D eigenvalue weighted by molar-refractivity contribution is 5.86. The lowest BCUT2D eigenvalue weighted by Crippen LogP contribution is -2.20. The average molecular weight is 592 g/mol. The normalized spacial score (nSPS) is 17.7. The van der Waals surface area contributed by atoms with Crippen LogP contribution in [0.25, 0.3) is 39.0 Å². The first-order valence-electron chi connectivity index (χ1n) is 16.7. The molecule has 0 spiro atoms. The summed E-state index contributed by atoms with van der Waals surface area (Å²) >= 11 is 0. The molecule has 0 N–H and O–H groups in total. The van der Waals surface area contributed by atoms with Crippen LogP contribution < -0.4 is 4.90 Å². The van der Waals surface area contributed by atoms with Gasteiger partial charge in [0.15, 0.2) is 0 Å². The Labute approximate surface area is 272 Å². The largest absolute Gasteiger partial charge is 0.317 e. The van der Waals surface area contributed by atoms with Crippen molar-refractivity contribution in [3.05, 3.63) is 178 Å². The number of rotatable bonds is 4. The zero-order chi connectivity index (χ0) is 30.8. The van der Waals surface area contributed by atoms with Gasteiger partial charge in [0.2, 0.25) is 0 Å². The number of hydrogen-bond acceptors (Lipinski definition) is 1. The Morgan fingerprint density at radius 1 is 0.609 bits per heavy atom. The third-order valence-electron chi connectivity index (χ3n) is 10.6. The lowest BCUT2D eigenvalue weighted by atomic mass is 9.82. The molecule has 0 bridgehead atoms. The summed E-state index contributed by atoms with van der Waals surface area (Å²) in [6.45, 7) is 4.42. The number of nitrogens with zero attached hydrogens (tertiary/aromatic N) is 1. The van der Waals surface area contributed by atoms with Crippen LogP contribution in [-0.2, 0) is 6.42 Å². The molecule has 1 atom stereocenters. The first kappa shape index (κ1) is 27.2. The molecule has 0 fully saturated rings. The van der Waals surface area contributed by atoms with Gasteiger partial charge in [-0.3, -0.25) is 0 Å². The summed E-state index contributed by atoms with van der Waals surface area (Å²) in [6, 6.07) is 40.9. The molecule has 5 aromatic rings. The molecule has 0 aromatic heterocycles. The van der Waals surface area contributed by atoms with Crippen molar-refractivity contribution in [1.82, 2.24) is 0 Å². The van der Waals surface area contributed by atoms with Gasteiger partial charge in [0, 0.05) is 23.0 Å². The molecule has 1 heterocycles. The van der Waals surface area contributed by atoms with Crippen molar-refractivity contribution in [3.8, 4) is 33.4 Å². The number of hydrogen-bond donors (Lipinski definition) is 0. The Balaban J connectivity index is 1.07. The topological polar surface area (TPSA) is 3.24 Å². The Hall–Kier alpha value is -5.14. The van der Waals surface area contributed by atoms with E-state index in [-0.39, 0.29) is 0 Å². The summed E-state index contributed by atoms with van der Waals surface area (Å²) in [5.74, 6) is 0.405. The lowest BCUT2D eigenvalue weighted by molar-refractivity contribution is 0.760. The van der Waals surface area contributed by atoms with E-state index in [1.165, 1.54) is 89.4 Å². The SMILES string of the molecule is Cc1ccccc1-c1cc(-c2ccc3c(c2)-c2cc(C4=CC=C5C(C4)C4=C(CCC=C4)N5c4ccccc4)ccc2C3)ccc1C. The summed E-state index contributed by atoms with van der Waals surface area (Å²) in [5.41, 5.74) is 21.9. The molecule has 5 aromatic carbocycles. The highest BCUT2D eigenvalue weighted by Crippen LogP contribution is 2.50. The van der Waals surface area contributed by atoms with E-state index in [0.717, 1.165) is 25.7 Å². The first-order valence-corrected chi connectivity index (χ1v) is 16.7. The summed E-state index contributed by atoms with van der Waals surface area (Å²) in [5, 5.41) is 0. The highest BCUT2D eigenvalue weighted by atomic mass is 15.2. The predicted molar refractivity (Wildman–Crippen MR) is 194 cm³/mol. The van der Waals surface area contributed by atoms with Gasteiger partial charge in [-0.05, 0) is 148 Å². The van der Waals surface area contributed by atoms with Gasteiger partial charge in [0.25, 0.3) is 0 Å². The van der Waals surface area contributed by atoms with Crippen molar-refractivity contribution >= 4 is 11.3 Å². The molecule has 3 aliphatic carbocycles. The minimum atomic E-state index is 0.405. The van der Waals surface area contributed by atoms with Gasteiger partial charge in [0.1, 0.15) is 0 Å². The van der Waals surface area contributed by atoms with Crippen LogP contribution in [0.3, 0.4) is 0 Å². The molecule has 222 valence electrons. The van der Waals surface area contributed by atoms with Crippen molar-refractivity contribution in [2.75, 3.05) is 4.90 Å². The Morgan fingerprint density at radius 3 is 2.09 bits per heavy atom. The Bertz CT molecular complexity index is 2170. The number of allylic oxidation sites excluding steroid dienone is 7. The standard InChI is InChI=1S/C45H37N/c1-29-10-6-7-13-38(29)40-25-31(17-16-30(40)2)32-18-20-35-24-36-21-19-33(27-42(36)41(35)26-32)34-22-23-45-43(28-34)39-14-8-9-15-44(39)46(45)37-11-4-3-5-12-37/h3-8,10-14,16-23,25-27,43H,9,15,24,28H2,1-2H3. The summed E-state index contributed by atoms with van der Waals surface area (Å²) in [7, 11) is 0. The van der Waals surface area contributed by atoms with E-state index in [1.54, 1.807) is 0 Å². The van der Waals surface area contributed by atoms with Crippen molar-refractivity contribution < 1.29 is 0 Å². The van der Waals surface area contributed by atoms with Gasteiger partial charge >= 0.3 is 0 Å². The van der Waals surface area contributed by atoms with Crippen molar-refractivity contribution in [3.63, 3.8) is 0 Å². The van der Waals surface area contributed by atoms with Gasteiger partial charge in [-0.25, -0.2) is 0 Å². The van der Waals surface area contributed by atoms with Crippen LogP contribution in [0.15, 0.2) is 150 Å². The summed E-state index contributed by atoms with van der Waals surface area (Å²) in [6.07, 6.45) is 13.8. The quantitative estimate of drug-likeness (QED) is 0.197. The van der Waals surface area contributed by atoms with E-state index in [1.807, 2.05) is 0 Å².